The van der Waals surface area contributed by atoms with Gasteiger partial charge in [0.25, 0.3) is 0 Å². The summed E-state index contributed by atoms with van der Waals surface area (Å²) < 4.78 is 21.5. The molecule has 2 heterocycles. The molecule has 5 atom stereocenters. The minimum Gasteiger partial charge on any atom is -0.508 e. The average Bonchev–Trinajstić information content (AvgIpc) is 3.06. The molecule has 8 heteroatoms. The molecule has 3 aromatic rings. The van der Waals surface area contributed by atoms with Gasteiger partial charge in [-0.3, -0.25) is 0 Å². The normalized spacial score (nSPS) is 26.9. The molecule has 160 valence electrons. The molecule has 4 rings (SSSR count). The second-order valence-corrected chi connectivity index (χ2v) is 7.74. The lowest BCUT2D eigenvalue weighted by Crippen LogP contribution is -2.56. The monoisotopic (exact) mass is 417 g/mol. The van der Waals surface area contributed by atoms with Crippen LogP contribution in [-0.4, -0.2) is 61.1 Å². The van der Waals surface area contributed by atoms with E-state index in [0.717, 1.165) is 11.1 Å². The number of aromatic nitrogens is 1. The molecule has 1 aliphatic rings. The number of rotatable bonds is 4. The Balaban J connectivity index is 1.83. The number of benzene rings is 2. The van der Waals surface area contributed by atoms with Crippen LogP contribution in [0.2, 0.25) is 0 Å². The fourth-order valence-electron chi connectivity index (χ4n) is 4.11. The summed E-state index contributed by atoms with van der Waals surface area (Å²) in [5.74, 6) is -0.261. The number of aliphatic hydroxyl groups is 4. The zero-order chi connectivity index (χ0) is 21.6. The van der Waals surface area contributed by atoms with Crippen LogP contribution in [0.25, 0.3) is 10.9 Å². The highest BCUT2D eigenvalue weighted by atomic mass is 19.1. The molecule has 5 N–H and O–H groups in total. The summed E-state index contributed by atoms with van der Waals surface area (Å²) in [6.07, 6.45) is -4.41. The minimum absolute atomic E-state index is 0.143. The van der Waals surface area contributed by atoms with Crippen molar-refractivity contribution in [3.05, 3.63) is 65.1 Å². The van der Waals surface area contributed by atoms with E-state index in [9.17, 15) is 29.9 Å². The number of hydrogen-bond acceptors (Lipinski definition) is 6. The Labute approximate surface area is 172 Å². The number of fused-ring (bicyclic) bond motifs is 1. The third kappa shape index (κ3) is 3.57. The van der Waals surface area contributed by atoms with Crippen molar-refractivity contribution in [2.45, 2.75) is 44.0 Å². The van der Waals surface area contributed by atoms with Gasteiger partial charge in [0.05, 0.1) is 12.1 Å². The molecule has 0 amide bonds. The summed E-state index contributed by atoms with van der Waals surface area (Å²) in [6, 6.07) is 9.43. The quantitative estimate of drug-likeness (QED) is 0.438. The smallest absolute Gasteiger partial charge is 0.163 e. The largest absolute Gasteiger partial charge is 0.508 e. The lowest BCUT2D eigenvalue weighted by atomic mass is 9.98. The third-order valence-electron chi connectivity index (χ3n) is 5.64. The van der Waals surface area contributed by atoms with Crippen LogP contribution < -0.4 is 0 Å². The van der Waals surface area contributed by atoms with Crippen molar-refractivity contribution in [3.8, 4) is 5.75 Å². The van der Waals surface area contributed by atoms with Gasteiger partial charge in [0, 0.05) is 11.6 Å². The van der Waals surface area contributed by atoms with Gasteiger partial charge < -0.3 is 34.8 Å². The van der Waals surface area contributed by atoms with Crippen molar-refractivity contribution in [2.24, 2.45) is 0 Å². The van der Waals surface area contributed by atoms with E-state index in [1.165, 1.54) is 12.1 Å². The molecule has 1 fully saturated rings. The summed E-state index contributed by atoms with van der Waals surface area (Å²) in [5.41, 5.74) is 2.88. The first-order valence-electron chi connectivity index (χ1n) is 9.68. The van der Waals surface area contributed by atoms with Gasteiger partial charge in [0.1, 0.15) is 36.0 Å². The predicted molar refractivity (Wildman–Crippen MR) is 107 cm³/mol. The highest BCUT2D eigenvalue weighted by Crippen LogP contribution is 2.35. The molecule has 0 unspecified atom stereocenters. The van der Waals surface area contributed by atoms with E-state index >= 15 is 0 Å². The lowest BCUT2D eigenvalue weighted by Gasteiger charge is -2.40. The number of ether oxygens (including phenoxy) is 1. The molecule has 1 aliphatic heterocycles. The highest BCUT2D eigenvalue weighted by molar-refractivity contribution is 5.87. The number of hydrogen-bond donors (Lipinski definition) is 5. The molecule has 0 saturated carbocycles. The maximum absolute atomic E-state index is 14.2. The standard InChI is InChI=1S/C22H24FNO6/c1-11-6-14(23)8-16-13(7-12-2-4-15(26)5-3-12)9-24(18(11)16)22-21(29)20(28)19(27)17(10-25)30-22/h2-6,8-9,17,19-22,25-29H,7,10H2,1H3/t17-,19-,20+,21-,22-/m1/s1. The fraction of sp³-hybridized carbons (Fsp3) is 0.364. The topological polar surface area (TPSA) is 115 Å². The van der Waals surface area contributed by atoms with Gasteiger partial charge in [-0.2, -0.15) is 0 Å². The number of aliphatic hydroxyl groups excluding tert-OH is 4. The Morgan fingerprint density at radius 1 is 1.03 bits per heavy atom. The Hall–Kier alpha value is -2.49. The summed E-state index contributed by atoms with van der Waals surface area (Å²) >= 11 is 0. The molecule has 7 nitrogen and oxygen atoms in total. The minimum atomic E-state index is -1.51. The lowest BCUT2D eigenvalue weighted by molar-refractivity contribution is -0.250. The van der Waals surface area contributed by atoms with Crippen molar-refractivity contribution in [1.82, 2.24) is 4.57 Å². The van der Waals surface area contributed by atoms with Crippen molar-refractivity contribution < 1.29 is 34.7 Å². The molecule has 0 radical (unpaired) electrons. The van der Waals surface area contributed by atoms with Crippen LogP contribution in [0.3, 0.4) is 0 Å². The first kappa shape index (κ1) is 20.8. The van der Waals surface area contributed by atoms with Crippen LogP contribution >= 0.6 is 0 Å². The highest BCUT2D eigenvalue weighted by Gasteiger charge is 2.44. The fourth-order valence-corrected chi connectivity index (χ4v) is 4.11. The van der Waals surface area contributed by atoms with Crippen LogP contribution in [0.4, 0.5) is 4.39 Å². The van der Waals surface area contributed by atoms with Crippen LogP contribution in [0.5, 0.6) is 5.75 Å². The van der Waals surface area contributed by atoms with Crippen molar-refractivity contribution >= 4 is 10.9 Å². The average molecular weight is 417 g/mol. The second-order valence-electron chi connectivity index (χ2n) is 7.74. The van der Waals surface area contributed by atoms with E-state index in [0.29, 0.717) is 22.9 Å². The van der Waals surface area contributed by atoms with E-state index in [4.69, 9.17) is 4.74 Å². The van der Waals surface area contributed by atoms with Gasteiger partial charge >= 0.3 is 0 Å². The molecule has 1 aromatic heterocycles. The SMILES string of the molecule is Cc1cc(F)cc2c(Cc3ccc(O)cc3)cn([C@@H]3O[C@H](CO)[C@@H](O)[C@H](O)[C@H]3O)c12. The zero-order valence-corrected chi connectivity index (χ0v) is 16.3. The van der Waals surface area contributed by atoms with Gasteiger partial charge in [0.15, 0.2) is 6.23 Å². The molecule has 2 aromatic carbocycles. The third-order valence-corrected chi connectivity index (χ3v) is 5.64. The van der Waals surface area contributed by atoms with E-state index in [1.807, 2.05) is 0 Å². The molecule has 30 heavy (non-hydrogen) atoms. The van der Waals surface area contributed by atoms with Crippen molar-refractivity contribution in [3.63, 3.8) is 0 Å². The molecular formula is C22H24FNO6. The van der Waals surface area contributed by atoms with Crippen LogP contribution in [0, 0.1) is 12.7 Å². The van der Waals surface area contributed by atoms with E-state index < -0.39 is 43.1 Å². The number of halogens is 1. The van der Waals surface area contributed by atoms with E-state index in [-0.39, 0.29) is 5.75 Å². The Morgan fingerprint density at radius 2 is 1.73 bits per heavy atom. The molecular weight excluding hydrogens is 393 g/mol. The number of phenolic OH excluding ortho intramolecular Hbond substituents is 1. The maximum atomic E-state index is 14.2. The Kier molecular flexibility index (Phi) is 5.52. The maximum Gasteiger partial charge on any atom is 0.163 e. The Bertz CT molecular complexity index is 1050. The van der Waals surface area contributed by atoms with Crippen molar-refractivity contribution in [2.75, 3.05) is 6.61 Å². The summed E-state index contributed by atoms with van der Waals surface area (Å²) in [5, 5.41) is 50.5. The van der Waals surface area contributed by atoms with E-state index in [2.05, 4.69) is 0 Å². The zero-order valence-electron chi connectivity index (χ0n) is 16.3. The summed E-state index contributed by atoms with van der Waals surface area (Å²) in [7, 11) is 0. The first-order chi connectivity index (χ1) is 14.3. The molecule has 0 bridgehead atoms. The first-order valence-corrected chi connectivity index (χ1v) is 9.68. The van der Waals surface area contributed by atoms with Crippen LogP contribution in [0.1, 0.15) is 22.9 Å². The van der Waals surface area contributed by atoms with Crippen LogP contribution in [0.15, 0.2) is 42.6 Å². The molecule has 0 aliphatic carbocycles. The van der Waals surface area contributed by atoms with Gasteiger partial charge in [-0.05, 0) is 54.3 Å². The predicted octanol–water partition coefficient (Wildman–Crippen LogP) is 1.36. The van der Waals surface area contributed by atoms with Gasteiger partial charge in [-0.15, -0.1) is 0 Å². The second kappa shape index (κ2) is 7.98. The molecule has 0 spiro atoms. The summed E-state index contributed by atoms with van der Waals surface area (Å²) in [4.78, 5) is 0. The number of aromatic hydroxyl groups is 1. The number of aryl methyl sites for hydroxylation is 1. The number of nitrogens with zero attached hydrogens (tertiary/aromatic N) is 1. The summed E-state index contributed by atoms with van der Waals surface area (Å²) in [6.45, 7) is 1.20. The van der Waals surface area contributed by atoms with Crippen LogP contribution in [-0.2, 0) is 11.2 Å². The van der Waals surface area contributed by atoms with E-state index in [1.54, 1.807) is 42.0 Å². The van der Waals surface area contributed by atoms with Gasteiger partial charge in [0.2, 0.25) is 0 Å². The number of phenols is 1. The Morgan fingerprint density at radius 3 is 2.40 bits per heavy atom. The molecule has 1 saturated heterocycles. The van der Waals surface area contributed by atoms with Gasteiger partial charge in [-0.25, -0.2) is 4.39 Å². The van der Waals surface area contributed by atoms with Crippen molar-refractivity contribution in [1.29, 1.82) is 0 Å². The van der Waals surface area contributed by atoms with Gasteiger partial charge in [-0.1, -0.05) is 12.1 Å².